The Morgan fingerprint density at radius 3 is 2.80 bits per heavy atom. The molecule has 7 nitrogen and oxygen atoms in total. The van der Waals surface area contributed by atoms with Crippen LogP contribution in [0, 0.1) is 11.8 Å². The topological polar surface area (TPSA) is 92.1 Å². The highest BCUT2D eigenvalue weighted by molar-refractivity contribution is 5.85. The summed E-state index contributed by atoms with van der Waals surface area (Å²) in [6, 6.07) is 6.94. The van der Waals surface area contributed by atoms with E-state index < -0.39 is 18.2 Å². The number of aliphatic hydroxyl groups excluding tert-OH is 2. The van der Waals surface area contributed by atoms with Crippen LogP contribution in [0.4, 0.5) is 0 Å². The minimum Gasteiger partial charge on any atom is -0.497 e. The molecule has 160 valence electrons. The van der Waals surface area contributed by atoms with Gasteiger partial charge in [-0.05, 0) is 61.9 Å². The molecule has 0 spiro atoms. The fourth-order valence-electron chi connectivity index (χ4n) is 4.73. The summed E-state index contributed by atoms with van der Waals surface area (Å²) in [5.74, 6) is 0.905. The standard InChI is InChI=1S/C23H28N2O5/c1-4-14-12-25-8-7-15(14)9-20(25)22(27)18-11-21(30-23(28)13(2)26)24-19-6-5-16(29-3)10-17(18)19/h4-6,10-11,13-15,20,22,26-27H,1,7-9,12H2,2-3H3/t13?,14-,15-,20+,22-/m0/s1. The Balaban J connectivity index is 1.73. The van der Waals surface area contributed by atoms with Crippen molar-refractivity contribution in [2.24, 2.45) is 11.8 Å². The minimum absolute atomic E-state index is 0.0305. The Hall–Kier alpha value is -2.48. The van der Waals surface area contributed by atoms with Gasteiger partial charge in [0.1, 0.15) is 11.9 Å². The first kappa shape index (κ1) is 20.8. The van der Waals surface area contributed by atoms with E-state index in [9.17, 15) is 15.0 Å². The van der Waals surface area contributed by atoms with Crippen LogP contribution in [0.25, 0.3) is 10.9 Å². The van der Waals surface area contributed by atoms with Gasteiger partial charge in [-0.3, -0.25) is 4.90 Å². The van der Waals surface area contributed by atoms with Crippen molar-refractivity contribution in [3.63, 3.8) is 0 Å². The lowest BCUT2D eigenvalue weighted by Gasteiger charge is -2.50. The van der Waals surface area contributed by atoms with Crippen LogP contribution in [-0.2, 0) is 4.79 Å². The molecule has 1 aromatic carbocycles. The summed E-state index contributed by atoms with van der Waals surface area (Å²) < 4.78 is 10.6. The van der Waals surface area contributed by atoms with Gasteiger partial charge in [-0.2, -0.15) is 0 Å². The van der Waals surface area contributed by atoms with E-state index in [-0.39, 0.29) is 11.9 Å². The van der Waals surface area contributed by atoms with Crippen molar-refractivity contribution >= 4 is 16.9 Å². The molecular weight excluding hydrogens is 384 g/mol. The van der Waals surface area contributed by atoms with Gasteiger partial charge < -0.3 is 19.7 Å². The van der Waals surface area contributed by atoms with E-state index in [1.807, 2.05) is 12.1 Å². The fraction of sp³-hybridized carbons (Fsp3) is 0.478. The Bertz CT molecular complexity index is 960. The number of methoxy groups -OCH3 is 1. The van der Waals surface area contributed by atoms with Gasteiger partial charge in [-0.1, -0.05) is 6.08 Å². The predicted molar refractivity (Wildman–Crippen MR) is 112 cm³/mol. The quantitative estimate of drug-likeness (QED) is 0.556. The number of benzene rings is 1. The number of hydrogen-bond donors (Lipinski definition) is 2. The van der Waals surface area contributed by atoms with Crippen molar-refractivity contribution in [3.05, 3.63) is 42.5 Å². The summed E-state index contributed by atoms with van der Waals surface area (Å²) in [5, 5.41) is 21.7. The zero-order chi connectivity index (χ0) is 21.4. The summed E-state index contributed by atoms with van der Waals surface area (Å²) in [6.07, 6.45) is 1.99. The summed E-state index contributed by atoms with van der Waals surface area (Å²) >= 11 is 0. The molecule has 6 atom stereocenters. The van der Waals surface area contributed by atoms with Gasteiger partial charge in [-0.25, -0.2) is 9.78 Å². The van der Waals surface area contributed by atoms with Gasteiger partial charge >= 0.3 is 5.97 Å². The van der Waals surface area contributed by atoms with Crippen LogP contribution in [0.2, 0.25) is 0 Å². The number of ether oxygens (including phenoxy) is 2. The van der Waals surface area contributed by atoms with Gasteiger partial charge in [0, 0.05) is 24.0 Å². The number of piperidine rings is 3. The van der Waals surface area contributed by atoms with Crippen molar-refractivity contribution < 1.29 is 24.5 Å². The zero-order valence-electron chi connectivity index (χ0n) is 17.3. The molecule has 3 aliphatic heterocycles. The first-order chi connectivity index (χ1) is 14.4. The lowest BCUT2D eigenvalue weighted by molar-refractivity contribution is -0.143. The Morgan fingerprint density at radius 2 is 2.17 bits per heavy atom. The predicted octanol–water partition coefficient (Wildman–Crippen LogP) is 2.46. The molecule has 3 fully saturated rings. The summed E-state index contributed by atoms with van der Waals surface area (Å²) in [5.41, 5.74) is 1.22. The molecule has 7 heteroatoms. The molecule has 0 amide bonds. The number of carbonyl (C=O) groups is 1. The molecule has 0 radical (unpaired) electrons. The maximum absolute atomic E-state index is 11.9. The van der Waals surface area contributed by atoms with Gasteiger partial charge in [0.25, 0.3) is 0 Å². The van der Waals surface area contributed by atoms with E-state index in [0.717, 1.165) is 31.3 Å². The van der Waals surface area contributed by atoms with Crippen LogP contribution in [0.3, 0.4) is 0 Å². The Morgan fingerprint density at radius 1 is 1.37 bits per heavy atom. The molecule has 2 aromatic rings. The third-order valence-corrected chi connectivity index (χ3v) is 6.41. The van der Waals surface area contributed by atoms with E-state index in [2.05, 4.69) is 16.5 Å². The van der Waals surface area contributed by atoms with Gasteiger partial charge in [0.05, 0.1) is 18.7 Å². The highest BCUT2D eigenvalue weighted by Gasteiger charge is 2.42. The second-order valence-electron chi connectivity index (χ2n) is 8.22. The Kier molecular flexibility index (Phi) is 5.77. The number of pyridine rings is 1. The van der Waals surface area contributed by atoms with E-state index in [1.165, 1.54) is 6.92 Å². The molecule has 0 aliphatic carbocycles. The number of fused-ring (bicyclic) bond motifs is 4. The first-order valence-electron chi connectivity index (χ1n) is 10.3. The molecular formula is C23H28N2O5. The molecule has 30 heavy (non-hydrogen) atoms. The van der Waals surface area contributed by atoms with Gasteiger partial charge in [0.15, 0.2) is 0 Å². The maximum Gasteiger partial charge on any atom is 0.341 e. The van der Waals surface area contributed by atoms with Crippen LogP contribution in [0.15, 0.2) is 36.9 Å². The summed E-state index contributed by atoms with van der Waals surface area (Å²) in [7, 11) is 1.59. The monoisotopic (exact) mass is 412 g/mol. The van der Waals surface area contributed by atoms with Gasteiger partial charge in [-0.15, -0.1) is 6.58 Å². The van der Waals surface area contributed by atoms with E-state index >= 15 is 0 Å². The number of aromatic nitrogens is 1. The second-order valence-corrected chi connectivity index (χ2v) is 8.22. The molecule has 2 N–H and O–H groups in total. The van der Waals surface area contributed by atoms with Gasteiger partial charge in [0.2, 0.25) is 5.88 Å². The van der Waals surface area contributed by atoms with E-state index in [4.69, 9.17) is 9.47 Å². The molecule has 1 aromatic heterocycles. The molecule has 3 saturated heterocycles. The maximum atomic E-state index is 11.9. The third kappa shape index (κ3) is 3.80. The van der Waals surface area contributed by atoms with Crippen LogP contribution in [0.5, 0.6) is 11.6 Å². The second kappa shape index (κ2) is 8.34. The third-order valence-electron chi connectivity index (χ3n) is 6.41. The van der Waals surface area contributed by atoms with Crippen molar-refractivity contribution in [1.29, 1.82) is 0 Å². The molecule has 0 saturated carbocycles. The SMILES string of the molecule is C=C[C@H]1CN2CC[C@H]1C[C@@H]2[C@@H](O)c1cc(OC(=O)C(C)O)nc2ccc(OC)cc12. The summed E-state index contributed by atoms with van der Waals surface area (Å²) in [6.45, 7) is 7.15. The number of nitrogens with zero attached hydrogens (tertiary/aromatic N) is 2. The van der Waals surface area contributed by atoms with Crippen LogP contribution < -0.4 is 9.47 Å². The largest absolute Gasteiger partial charge is 0.497 e. The van der Waals surface area contributed by atoms with Crippen molar-refractivity contribution in [3.8, 4) is 11.6 Å². The van der Waals surface area contributed by atoms with Crippen LogP contribution >= 0.6 is 0 Å². The number of aliphatic hydroxyl groups is 2. The van der Waals surface area contributed by atoms with Crippen molar-refractivity contribution in [1.82, 2.24) is 9.88 Å². The van der Waals surface area contributed by atoms with Crippen LogP contribution in [0.1, 0.15) is 31.4 Å². The highest BCUT2D eigenvalue weighted by Crippen LogP contribution is 2.42. The molecule has 2 unspecified atom stereocenters. The smallest absolute Gasteiger partial charge is 0.341 e. The highest BCUT2D eigenvalue weighted by atomic mass is 16.6. The minimum atomic E-state index is -1.26. The fourth-order valence-corrected chi connectivity index (χ4v) is 4.73. The number of esters is 1. The zero-order valence-corrected chi connectivity index (χ0v) is 17.3. The molecule has 3 aliphatic rings. The number of rotatable bonds is 6. The molecule has 4 heterocycles. The average Bonchev–Trinajstić information content (AvgIpc) is 2.77. The first-order valence-corrected chi connectivity index (χ1v) is 10.3. The average molecular weight is 412 g/mol. The Labute approximate surface area is 175 Å². The summed E-state index contributed by atoms with van der Waals surface area (Å²) in [4.78, 5) is 18.6. The molecule has 5 rings (SSSR count). The van der Waals surface area contributed by atoms with E-state index in [1.54, 1.807) is 25.3 Å². The van der Waals surface area contributed by atoms with Crippen molar-refractivity contribution in [2.75, 3.05) is 20.2 Å². The van der Waals surface area contributed by atoms with Crippen molar-refractivity contribution in [2.45, 2.75) is 38.0 Å². The molecule has 2 bridgehead atoms. The lowest BCUT2D eigenvalue weighted by Crippen LogP contribution is -2.54. The number of hydrogen-bond acceptors (Lipinski definition) is 7. The lowest BCUT2D eigenvalue weighted by atomic mass is 9.73. The normalized spacial score (nSPS) is 27.5. The van der Waals surface area contributed by atoms with E-state index in [0.29, 0.717) is 28.7 Å². The number of carbonyl (C=O) groups excluding carboxylic acids is 1. The van der Waals surface area contributed by atoms with Crippen LogP contribution in [-0.4, -0.2) is 58.4 Å².